The number of anilines is 2. The molecule has 2 atom stereocenters. The third-order valence-electron chi connectivity index (χ3n) is 8.14. The number of amides is 3. The van der Waals surface area contributed by atoms with Crippen LogP contribution in [0.3, 0.4) is 0 Å². The van der Waals surface area contributed by atoms with Crippen LogP contribution >= 0.6 is 11.6 Å². The second kappa shape index (κ2) is 11.1. The van der Waals surface area contributed by atoms with Crippen LogP contribution in [0.15, 0.2) is 42.6 Å². The van der Waals surface area contributed by atoms with Gasteiger partial charge in [-0.1, -0.05) is 30.2 Å². The van der Waals surface area contributed by atoms with Crippen molar-refractivity contribution in [3.05, 3.63) is 64.6 Å². The maximum Gasteiger partial charge on any atom is 0.412 e. The molecule has 3 N–H and O–H groups in total. The molecule has 0 aliphatic carbocycles. The molecular formula is C30H30ClN5O6. The summed E-state index contributed by atoms with van der Waals surface area (Å²) in [4.78, 5) is 60.7. The van der Waals surface area contributed by atoms with Gasteiger partial charge in [0.05, 0.1) is 49.3 Å². The summed E-state index contributed by atoms with van der Waals surface area (Å²) in [5.41, 5.74) is 2.96. The number of hydrogen-bond donors (Lipinski definition) is 3. The number of esters is 1. The highest BCUT2D eigenvalue weighted by Crippen LogP contribution is 2.44. The summed E-state index contributed by atoms with van der Waals surface area (Å²) >= 11 is 6.28. The van der Waals surface area contributed by atoms with E-state index in [-0.39, 0.29) is 37.2 Å². The number of likely N-dealkylation sites (tertiary alicyclic amines) is 1. The summed E-state index contributed by atoms with van der Waals surface area (Å²) in [6.07, 6.45) is 3.60. The van der Waals surface area contributed by atoms with E-state index in [1.165, 1.54) is 7.11 Å². The van der Waals surface area contributed by atoms with Gasteiger partial charge >= 0.3 is 12.1 Å². The Labute approximate surface area is 246 Å². The zero-order chi connectivity index (χ0) is 29.4. The van der Waals surface area contributed by atoms with Crippen LogP contribution in [-0.2, 0) is 35.9 Å². The van der Waals surface area contributed by atoms with Crippen LogP contribution in [0.5, 0.6) is 0 Å². The predicted octanol–water partition coefficient (Wildman–Crippen LogP) is 4.73. The van der Waals surface area contributed by atoms with Gasteiger partial charge in [0, 0.05) is 35.5 Å². The van der Waals surface area contributed by atoms with Gasteiger partial charge < -0.3 is 24.7 Å². The lowest BCUT2D eigenvalue weighted by Gasteiger charge is -2.35. The molecule has 2 bridgehead atoms. The smallest absolute Gasteiger partial charge is 0.412 e. The molecule has 6 rings (SSSR count). The largest absolute Gasteiger partial charge is 0.469 e. The van der Waals surface area contributed by atoms with Gasteiger partial charge in [-0.15, -0.1) is 0 Å². The fraction of sp³-hybridized carbons (Fsp3) is 0.367. The van der Waals surface area contributed by atoms with Crippen molar-refractivity contribution in [2.75, 3.05) is 30.8 Å². The summed E-state index contributed by atoms with van der Waals surface area (Å²) < 4.78 is 10.6. The number of hydrogen-bond acceptors (Lipinski definition) is 7. The first-order valence-corrected chi connectivity index (χ1v) is 14.3. The average molecular weight is 592 g/mol. The summed E-state index contributed by atoms with van der Waals surface area (Å²) in [5, 5.41) is 6.20. The van der Waals surface area contributed by atoms with E-state index in [1.54, 1.807) is 41.4 Å². The van der Waals surface area contributed by atoms with Crippen LogP contribution in [0.2, 0.25) is 5.02 Å². The van der Waals surface area contributed by atoms with Crippen molar-refractivity contribution < 1.29 is 28.7 Å². The summed E-state index contributed by atoms with van der Waals surface area (Å²) in [6.45, 7) is 0.598. The van der Waals surface area contributed by atoms with Crippen LogP contribution in [-0.4, -0.2) is 58.9 Å². The average Bonchev–Trinajstić information content (AvgIpc) is 3.61. The number of carbonyl (C=O) groups is 4. The van der Waals surface area contributed by atoms with E-state index in [0.29, 0.717) is 71.3 Å². The molecule has 2 aromatic carbocycles. The van der Waals surface area contributed by atoms with Gasteiger partial charge in [-0.2, -0.15) is 0 Å². The zero-order valence-electron chi connectivity index (χ0n) is 23.0. The lowest BCUT2D eigenvalue weighted by Crippen LogP contribution is -2.43. The monoisotopic (exact) mass is 591 g/mol. The van der Waals surface area contributed by atoms with Gasteiger partial charge in [-0.05, 0) is 42.7 Å². The number of benzene rings is 2. The van der Waals surface area contributed by atoms with Gasteiger partial charge in [0.2, 0.25) is 11.8 Å². The predicted molar refractivity (Wildman–Crippen MR) is 154 cm³/mol. The van der Waals surface area contributed by atoms with Gasteiger partial charge in [-0.25, -0.2) is 9.78 Å². The number of imidazole rings is 1. The molecule has 1 saturated heterocycles. The lowest BCUT2D eigenvalue weighted by atomic mass is 9.90. The first-order chi connectivity index (χ1) is 20.2. The maximum atomic E-state index is 14.1. The standard InChI is InChI=1S/C30H30ClN5O6/c1-41-26(38)13-17-6-8-19-23(12-17)33-25(37)5-3-2-4-20(27-32-15-24(19)34-27)28(39)36-11-10-30(16-36)21-14-18(31)7-9-22(21)35-29(40)42-30/h6-9,12,14-15,20H,2-5,10-11,13,16H2,1H3,(H,32,34)(H,33,37)(H,35,40)/t20?,30-/m0/s1. The van der Waals surface area contributed by atoms with Crippen molar-refractivity contribution in [2.45, 2.75) is 50.0 Å². The molecule has 11 nitrogen and oxygen atoms in total. The van der Waals surface area contributed by atoms with Crippen molar-refractivity contribution in [3.63, 3.8) is 0 Å². The molecule has 218 valence electrons. The van der Waals surface area contributed by atoms with Gasteiger partial charge in [0.15, 0.2) is 5.60 Å². The summed E-state index contributed by atoms with van der Waals surface area (Å²) in [5.74, 6) is -0.704. The Morgan fingerprint density at radius 1 is 1.14 bits per heavy atom. The normalized spacial score (nSPS) is 21.7. The van der Waals surface area contributed by atoms with E-state index in [0.717, 1.165) is 5.56 Å². The third-order valence-corrected chi connectivity index (χ3v) is 8.37. The molecule has 3 amide bonds. The zero-order valence-corrected chi connectivity index (χ0v) is 23.8. The number of aromatic amines is 1. The Morgan fingerprint density at radius 2 is 2.00 bits per heavy atom. The van der Waals surface area contributed by atoms with Gasteiger partial charge in [0.25, 0.3) is 0 Å². The van der Waals surface area contributed by atoms with Crippen LogP contribution in [0.25, 0.3) is 11.3 Å². The van der Waals surface area contributed by atoms with E-state index >= 15 is 0 Å². The third kappa shape index (κ3) is 5.32. The SMILES string of the molecule is COC(=O)Cc1ccc2c(c1)NC(=O)CCCCC(C(=O)N1CC[C@@]3(C1)OC(=O)Nc1ccc(Cl)cc13)c1ncc-2[nH]1. The molecule has 3 aromatic rings. The lowest BCUT2D eigenvalue weighted by molar-refractivity contribution is -0.139. The second-order valence-electron chi connectivity index (χ2n) is 10.9. The molecule has 1 unspecified atom stereocenters. The number of ether oxygens (including phenoxy) is 2. The summed E-state index contributed by atoms with van der Waals surface area (Å²) in [6, 6.07) is 10.6. The number of nitrogens with zero attached hydrogens (tertiary/aromatic N) is 2. The number of carbonyl (C=O) groups excluding carboxylic acids is 4. The molecule has 12 heteroatoms. The number of halogens is 1. The number of aromatic nitrogens is 2. The topological polar surface area (TPSA) is 143 Å². The highest BCUT2D eigenvalue weighted by atomic mass is 35.5. The van der Waals surface area contributed by atoms with Crippen LogP contribution in [0.4, 0.5) is 16.2 Å². The quantitative estimate of drug-likeness (QED) is 0.374. The molecule has 4 heterocycles. The number of fused-ring (bicyclic) bond motifs is 6. The Hall–Kier alpha value is -4.38. The Morgan fingerprint density at radius 3 is 2.83 bits per heavy atom. The number of rotatable bonds is 3. The van der Waals surface area contributed by atoms with Crippen molar-refractivity contribution >= 4 is 46.9 Å². The van der Waals surface area contributed by atoms with Crippen LogP contribution in [0, 0.1) is 0 Å². The highest BCUT2D eigenvalue weighted by Gasteiger charge is 2.49. The van der Waals surface area contributed by atoms with E-state index in [2.05, 4.69) is 20.6 Å². The molecule has 0 saturated carbocycles. The van der Waals surface area contributed by atoms with Gasteiger partial charge in [-0.3, -0.25) is 19.7 Å². The van der Waals surface area contributed by atoms with E-state index in [9.17, 15) is 19.2 Å². The Kier molecular flexibility index (Phi) is 7.36. The van der Waals surface area contributed by atoms with E-state index in [1.807, 2.05) is 6.07 Å². The van der Waals surface area contributed by atoms with Gasteiger partial charge in [0.1, 0.15) is 5.82 Å². The highest BCUT2D eigenvalue weighted by molar-refractivity contribution is 6.30. The fourth-order valence-corrected chi connectivity index (χ4v) is 6.19. The van der Waals surface area contributed by atoms with Crippen molar-refractivity contribution in [1.82, 2.24) is 14.9 Å². The molecule has 3 aliphatic heterocycles. The number of H-pyrrole nitrogens is 1. The molecule has 3 aliphatic rings. The first kappa shape index (κ1) is 27.8. The number of nitrogens with one attached hydrogen (secondary N) is 3. The van der Waals surface area contributed by atoms with Crippen molar-refractivity contribution in [3.8, 4) is 11.3 Å². The molecule has 0 radical (unpaired) electrons. The number of methoxy groups -OCH3 is 1. The molecular weight excluding hydrogens is 562 g/mol. The minimum Gasteiger partial charge on any atom is -0.469 e. The minimum absolute atomic E-state index is 0.0732. The van der Waals surface area contributed by atoms with E-state index < -0.39 is 17.6 Å². The van der Waals surface area contributed by atoms with Crippen LogP contribution in [0.1, 0.15) is 55.0 Å². The molecule has 1 fully saturated rings. The van der Waals surface area contributed by atoms with Crippen LogP contribution < -0.4 is 10.6 Å². The summed E-state index contributed by atoms with van der Waals surface area (Å²) in [7, 11) is 1.33. The minimum atomic E-state index is -0.989. The fourth-order valence-electron chi connectivity index (χ4n) is 6.02. The molecule has 1 spiro atoms. The second-order valence-corrected chi connectivity index (χ2v) is 11.3. The van der Waals surface area contributed by atoms with Crippen molar-refractivity contribution in [2.24, 2.45) is 0 Å². The maximum absolute atomic E-state index is 14.1. The molecule has 42 heavy (non-hydrogen) atoms. The Bertz CT molecular complexity index is 1590. The Balaban J connectivity index is 1.29. The van der Waals surface area contributed by atoms with Crippen molar-refractivity contribution in [1.29, 1.82) is 0 Å². The van der Waals surface area contributed by atoms with E-state index in [4.69, 9.17) is 21.1 Å². The molecule has 1 aromatic heterocycles. The first-order valence-electron chi connectivity index (χ1n) is 13.9.